The fourth-order valence-electron chi connectivity index (χ4n) is 2.85. The SMILES string of the molecule is CNCC(Cc1c(F)cccc1Cl)C1CCS(=O)(=O)C1. The molecule has 0 aromatic heterocycles. The van der Waals surface area contributed by atoms with Gasteiger partial charge in [0, 0.05) is 10.6 Å². The zero-order chi connectivity index (χ0) is 14.8. The molecule has 112 valence electrons. The number of benzene rings is 1. The summed E-state index contributed by atoms with van der Waals surface area (Å²) in [6, 6.07) is 4.64. The van der Waals surface area contributed by atoms with E-state index in [0.29, 0.717) is 30.0 Å². The molecule has 1 aliphatic rings. The molecule has 2 atom stereocenters. The van der Waals surface area contributed by atoms with Gasteiger partial charge in [-0.1, -0.05) is 17.7 Å². The van der Waals surface area contributed by atoms with Crippen LogP contribution in [0.3, 0.4) is 0 Å². The van der Waals surface area contributed by atoms with Gasteiger partial charge in [-0.05, 0) is 50.4 Å². The van der Waals surface area contributed by atoms with E-state index in [1.807, 2.05) is 7.05 Å². The molecule has 1 N–H and O–H groups in total. The van der Waals surface area contributed by atoms with Gasteiger partial charge in [-0.3, -0.25) is 0 Å². The molecule has 1 heterocycles. The number of sulfone groups is 1. The molecular formula is C14H19ClFNO2S. The Morgan fingerprint density at radius 3 is 2.80 bits per heavy atom. The smallest absolute Gasteiger partial charge is 0.150 e. The number of nitrogens with one attached hydrogen (secondary N) is 1. The van der Waals surface area contributed by atoms with Crippen LogP contribution in [0.1, 0.15) is 12.0 Å². The Hall–Kier alpha value is -0.650. The molecule has 1 aliphatic heterocycles. The predicted molar refractivity (Wildman–Crippen MR) is 79.3 cm³/mol. The van der Waals surface area contributed by atoms with E-state index in [-0.39, 0.29) is 29.2 Å². The minimum Gasteiger partial charge on any atom is -0.319 e. The van der Waals surface area contributed by atoms with Crippen LogP contribution < -0.4 is 5.32 Å². The molecule has 0 spiro atoms. The van der Waals surface area contributed by atoms with Crippen LogP contribution in [-0.4, -0.2) is 33.5 Å². The molecule has 0 aliphatic carbocycles. The zero-order valence-corrected chi connectivity index (χ0v) is 13.0. The summed E-state index contributed by atoms with van der Waals surface area (Å²) in [6.45, 7) is 0.658. The average molecular weight is 320 g/mol. The topological polar surface area (TPSA) is 46.2 Å². The van der Waals surface area contributed by atoms with Crippen LogP contribution in [0.5, 0.6) is 0 Å². The average Bonchev–Trinajstić information content (AvgIpc) is 2.73. The summed E-state index contributed by atoms with van der Waals surface area (Å²) < 4.78 is 37.1. The lowest BCUT2D eigenvalue weighted by atomic mass is 9.86. The van der Waals surface area contributed by atoms with Crippen molar-refractivity contribution in [2.24, 2.45) is 11.8 Å². The van der Waals surface area contributed by atoms with Crippen LogP contribution in [0.4, 0.5) is 4.39 Å². The van der Waals surface area contributed by atoms with E-state index >= 15 is 0 Å². The van der Waals surface area contributed by atoms with E-state index in [1.54, 1.807) is 12.1 Å². The van der Waals surface area contributed by atoms with Crippen LogP contribution in [0.15, 0.2) is 18.2 Å². The van der Waals surface area contributed by atoms with Crippen molar-refractivity contribution in [3.05, 3.63) is 34.6 Å². The molecule has 0 saturated carbocycles. The number of rotatable bonds is 5. The van der Waals surface area contributed by atoms with Crippen molar-refractivity contribution in [3.8, 4) is 0 Å². The quantitative estimate of drug-likeness (QED) is 0.906. The first-order valence-electron chi connectivity index (χ1n) is 6.71. The zero-order valence-electron chi connectivity index (χ0n) is 11.4. The van der Waals surface area contributed by atoms with Crippen LogP contribution in [-0.2, 0) is 16.3 Å². The van der Waals surface area contributed by atoms with Gasteiger partial charge < -0.3 is 5.32 Å². The predicted octanol–water partition coefficient (Wildman–Crippen LogP) is 2.29. The number of halogens is 2. The van der Waals surface area contributed by atoms with Gasteiger partial charge in [0.25, 0.3) is 0 Å². The van der Waals surface area contributed by atoms with Crippen LogP contribution >= 0.6 is 11.6 Å². The second kappa shape index (κ2) is 6.41. The Morgan fingerprint density at radius 2 is 2.25 bits per heavy atom. The second-order valence-electron chi connectivity index (χ2n) is 5.39. The maximum absolute atomic E-state index is 13.9. The molecule has 1 aromatic rings. The molecule has 2 rings (SSSR count). The highest BCUT2D eigenvalue weighted by Crippen LogP contribution is 2.31. The van der Waals surface area contributed by atoms with Crippen molar-refractivity contribution in [2.75, 3.05) is 25.1 Å². The third-order valence-electron chi connectivity index (χ3n) is 3.93. The Balaban J connectivity index is 2.18. The van der Waals surface area contributed by atoms with Crippen molar-refractivity contribution < 1.29 is 12.8 Å². The normalized spacial score (nSPS) is 22.9. The monoisotopic (exact) mass is 319 g/mol. The second-order valence-corrected chi connectivity index (χ2v) is 8.02. The van der Waals surface area contributed by atoms with Gasteiger partial charge in [0.1, 0.15) is 5.82 Å². The maximum atomic E-state index is 13.9. The Bertz CT molecular complexity index is 556. The van der Waals surface area contributed by atoms with Crippen LogP contribution in [0.2, 0.25) is 5.02 Å². The van der Waals surface area contributed by atoms with Gasteiger partial charge in [-0.25, -0.2) is 12.8 Å². The van der Waals surface area contributed by atoms with Gasteiger partial charge in [-0.15, -0.1) is 0 Å². The number of hydrogen-bond acceptors (Lipinski definition) is 3. The maximum Gasteiger partial charge on any atom is 0.150 e. The fourth-order valence-corrected chi connectivity index (χ4v) is 5.01. The molecule has 6 heteroatoms. The van der Waals surface area contributed by atoms with Crippen molar-refractivity contribution in [1.29, 1.82) is 0 Å². The minimum atomic E-state index is -2.93. The van der Waals surface area contributed by atoms with Crippen molar-refractivity contribution >= 4 is 21.4 Å². The van der Waals surface area contributed by atoms with Crippen LogP contribution in [0.25, 0.3) is 0 Å². The summed E-state index contributed by atoms with van der Waals surface area (Å²) in [4.78, 5) is 0. The van der Waals surface area contributed by atoms with Gasteiger partial charge in [0.2, 0.25) is 0 Å². The van der Waals surface area contributed by atoms with E-state index in [1.165, 1.54) is 6.07 Å². The molecular weight excluding hydrogens is 301 g/mol. The van der Waals surface area contributed by atoms with E-state index in [0.717, 1.165) is 0 Å². The third-order valence-corrected chi connectivity index (χ3v) is 6.08. The van der Waals surface area contributed by atoms with Crippen molar-refractivity contribution in [2.45, 2.75) is 12.8 Å². The van der Waals surface area contributed by atoms with Crippen molar-refractivity contribution in [1.82, 2.24) is 5.32 Å². The highest BCUT2D eigenvalue weighted by Gasteiger charge is 2.34. The molecule has 0 amide bonds. The molecule has 1 saturated heterocycles. The van der Waals surface area contributed by atoms with E-state index < -0.39 is 9.84 Å². The Kier molecular flexibility index (Phi) is 5.04. The van der Waals surface area contributed by atoms with E-state index in [9.17, 15) is 12.8 Å². The van der Waals surface area contributed by atoms with Gasteiger partial charge >= 0.3 is 0 Å². The highest BCUT2D eigenvalue weighted by atomic mass is 35.5. The van der Waals surface area contributed by atoms with E-state index in [4.69, 9.17) is 11.6 Å². The summed E-state index contributed by atoms with van der Waals surface area (Å²) in [5.74, 6) is 0.267. The molecule has 1 fully saturated rings. The fraction of sp³-hybridized carbons (Fsp3) is 0.571. The van der Waals surface area contributed by atoms with Crippen molar-refractivity contribution in [3.63, 3.8) is 0 Å². The summed E-state index contributed by atoms with van der Waals surface area (Å²) in [5, 5.41) is 3.48. The van der Waals surface area contributed by atoms with Gasteiger partial charge in [0.15, 0.2) is 9.84 Å². The van der Waals surface area contributed by atoms with Crippen LogP contribution in [0, 0.1) is 17.7 Å². The molecule has 1 aromatic carbocycles. The standard InChI is InChI=1S/C14H19ClFNO2S/c1-17-8-11(10-5-6-20(18,19)9-10)7-12-13(15)3-2-4-14(12)16/h2-4,10-11,17H,5-9H2,1H3. The van der Waals surface area contributed by atoms with E-state index in [2.05, 4.69) is 5.32 Å². The highest BCUT2D eigenvalue weighted by molar-refractivity contribution is 7.91. The first-order chi connectivity index (χ1) is 9.43. The molecule has 20 heavy (non-hydrogen) atoms. The van der Waals surface area contributed by atoms with Gasteiger partial charge in [0.05, 0.1) is 11.5 Å². The summed E-state index contributed by atoms with van der Waals surface area (Å²) in [6.07, 6.45) is 1.12. The minimum absolute atomic E-state index is 0.0723. The third kappa shape index (κ3) is 3.71. The number of hydrogen-bond donors (Lipinski definition) is 1. The summed E-state index contributed by atoms with van der Waals surface area (Å²) in [7, 11) is -1.11. The lowest BCUT2D eigenvalue weighted by Gasteiger charge is -2.23. The summed E-state index contributed by atoms with van der Waals surface area (Å²) in [5.41, 5.74) is 0.485. The lowest BCUT2D eigenvalue weighted by molar-refractivity contribution is 0.348. The van der Waals surface area contributed by atoms with Gasteiger partial charge in [-0.2, -0.15) is 0 Å². The molecule has 0 radical (unpaired) electrons. The molecule has 0 bridgehead atoms. The molecule has 3 nitrogen and oxygen atoms in total. The molecule has 2 unspecified atom stereocenters. The lowest BCUT2D eigenvalue weighted by Crippen LogP contribution is -2.29. The largest absolute Gasteiger partial charge is 0.319 e. The Labute approximate surface area is 124 Å². The first kappa shape index (κ1) is 15.7. The first-order valence-corrected chi connectivity index (χ1v) is 8.91. The Morgan fingerprint density at radius 1 is 1.50 bits per heavy atom. The summed E-state index contributed by atoms with van der Waals surface area (Å²) >= 11 is 6.06.